The number of rotatable bonds is 2. The Morgan fingerprint density at radius 1 is 1.22 bits per heavy atom. The summed E-state index contributed by atoms with van der Waals surface area (Å²) in [5.74, 6) is 0. The SMILES string of the molecule is C1=CCC2NC(c3cncnc3)N(C3CC3)C2=C1. The van der Waals surface area contributed by atoms with Crippen LogP contribution < -0.4 is 5.32 Å². The molecular formula is C14H16N4. The van der Waals surface area contributed by atoms with Gasteiger partial charge in [-0.2, -0.15) is 0 Å². The predicted octanol–water partition coefficient (Wildman–Crippen LogP) is 1.76. The fourth-order valence-electron chi connectivity index (χ4n) is 2.94. The van der Waals surface area contributed by atoms with E-state index in [0.717, 1.165) is 6.42 Å². The zero-order valence-electron chi connectivity index (χ0n) is 10.2. The van der Waals surface area contributed by atoms with Crippen molar-refractivity contribution in [2.75, 3.05) is 0 Å². The van der Waals surface area contributed by atoms with Crippen LogP contribution in [0.3, 0.4) is 0 Å². The van der Waals surface area contributed by atoms with Crippen LogP contribution >= 0.6 is 0 Å². The van der Waals surface area contributed by atoms with Gasteiger partial charge in [-0.05, 0) is 25.3 Å². The number of allylic oxidation sites excluding steroid dienone is 2. The maximum absolute atomic E-state index is 4.15. The van der Waals surface area contributed by atoms with Gasteiger partial charge in [0.25, 0.3) is 0 Å². The molecule has 1 aromatic heterocycles. The van der Waals surface area contributed by atoms with Crippen molar-refractivity contribution in [3.63, 3.8) is 0 Å². The van der Waals surface area contributed by atoms with Crippen molar-refractivity contribution in [2.24, 2.45) is 0 Å². The average Bonchev–Trinajstić information content (AvgIpc) is 3.19. The number of nitrogens with one attached hydrogen (secondary N) is 1. The maximum Gasteiger partial charge on any atom is 0.115 e. The normalized spacial score (nSPS) is 30.2. The summed E-state index contributed by atoms with van der Waals surface area (Å²) in [5, 5.41) is 3.71. The van der Waals surface area contributed by atoms with E-state index in [4.69, 9.17) is 0 Å². The summed E-state index contributed by atoms with van der Waals surface area (Å²) in [6.07, 6.45) is 16.0. The number of aromatic nitrogens is 2. The molecule has 1 saturated carbocycles. The van der Waals surface area contributed by atoms with E-state index in [0.29, 0.717) is 12.1 Å². The molecule has 18 heavy (non-hydrogen) atoms. The molecule has 4 rings (SSSR count). The van der Waals surface area contributed by atoms with E-state index in [9.17, 15) is 0 Å². The van der Waals surface area contributed by atoms with Gasteiger partial charge in [-0.1, -0.05) is 12.2 Å². The molecule has 4 heteroatoms. The molecule has 0 radical (unpaired) electrons. The molecule has 0 spiro atoms. The van der Waals surface area contributed by atoms with Crippen molar-refractivity contribution in [3.8, 4) is 0 Å². The van der Waals surface area contributed by atoms with Crippen molar-refractivity contribution >= 4 is 0 Å². The van der Waals surface area contributed by atoms with Gasteiger partial charge < -0.3 is 4.90 Å². The first-order valence-electron chi connectivity index (χ1n) is 6.59. The third-order valence-electron chi connectivity index (χ3n) is 3.90. The second-order valence-corrected chi connectivity index (χ2v) is 5.19. The molecule has 3 aliphatic rings. The molecule has 1 aliphatic heterocycles. The zero-order valence-corrected chi connectivity index (χ0v) is 10.2. The summed E-state index contributed by atoms with van der Waals surface area (Å²) >= 11 is 0. The fraction of sp³-hybridized carbons (Fsp3) is 0.429. The molecule has 4 nitrogen and oxygen atoms in total. The van der Waals surface area contributed by atoms with Crippen LogP contribution in [0.5, 0.6) is 0 Å². The van der Waals surface area contributed by atoms with Crippen LogP contribution in [0, 0.1) is 0 Å². The molecule has 2 fully saturated rings. The molecule has 0 bridgehead atoms. The molecule has 2 atom stereocenters. The van der Waals surface area contributed by atoms with Crippen molar-refractivity contribution in [2.45, 2.75) is 37.5 Å². The molecule has 2 unspecified atom stereocenters. The summed E-state index contributed by atoms with van der Waals surface area (Å²) in [4.78, 5) is 10.8. The van der Waals surface area contributed by atoms with Crippen LogP contribution in [0.1, 0.15) is 31.0 Å². The van der Waals surface area contributed by atoms with Gasteiger partial charge in [0.2, 0.25) is 0 Å². The van der Waals surface area contributed by atoms with E-state index in [1.54, 1.807) is 6.33 Å². The lowest BCUT2D eigenvalue weighted by Crippen LogP contribution is -2.29. The Balaban J connectivity index is 1.72. The van der Waals surface area contributed by atoms with E-state index in [-0.39, 0.29) is 6.17 Å². The summed E-state index contributed by atoms with van der Waals surface area (Å²) in [6, 6.07) is 1.16. The standard InChI is InChI=1S/C14H16N4/c1-2-4-13-12(3-1)17-14(18(13)11-5-6-11)10-7-15-9-16-8-10/h1-2,4,7-9,11-12,14,17H,3,5-6H2. The Bertz CT molecular complexity index is 504. The van der Waals surface area contributed by atoms with Crippen LogP contribution in [0.15, 0.2) is 42.6 Å². The second kappa shape index (κ2) is 3.92. The van der Waals surface area contributed by atoms with Gasteiger partial charge in [-0.25, -0.2) is 9.97 Å². The van der Waals surface area contributed by atoms with E-state index < -0.39 is 0 Å². The number of hydrogen-bond acceptors (Lipinski definition) is 4. The topological polar surface area (TPSA) is 41.1 Å². The van der Waals surface area contributed by atoms with E-state index in [1.165, 1.54) is 24.1 Å². The molecular weight excluding hydrogens is 224 g/mol. The molecule has 0 aromatic carbocycles. The molecule has 2 aliphatic carbocycles. The first-order chi connectivity index (χ1) is 8.93. The molecule has 0 amide bonds. The highest BCUT2D eigenvalue weighted by Gasteiger charge is 2.43. The van der Waals surface area contributed by atoms with Crippen LogP contribution in [0.2, 0.25) is 0 Å². The summed E-state index contributed by atoms with van der Waals surface area (Å²) in [6.45, 7) is 0. The first-order valence-corrected chi connectivity index (χ1v) is 6.59. The second-order valence-electron chi connectivity index (χ2n) is 5.19. The lowest BCUT2D eigenvalue weighted by Gasteiger charge is -2.27. The lowest BCUT2D eigenvalue weighted by molar-refractivity contribution is 0.269. The van der Waals surface area contributed by atoms with Gasteiger partial charge in [0.05, 0.1) is 6.04 Å². The highest BCUT2D eigenvalue weighted by molar-refractivity contribution is 5.31. The smallest absolute Gasteiger partial charge is 0.115 e. The predicted molar refractivity (Wildman–Crippen MR) is 68.4 cm³/mol. The highest BCUT2D eigenvalue weighted by Crippen LogP contribution is 2.42. The van der Waals surface area contributed by atoms with Crippen molar-refractivity contribution in [1.29, 1.82) is 0 Å². The highest BCUT2D eigenvalue weighted by atomic mass is 15.4. The Labute approximate surface area is 106 Å². The summed E-state index contributed by atoms with van der Waals surface area (Å²) < 4.78 is 0. The fourth-order valence-corrected chi connectivity index (χ4v) is 2.94. The van der Waals surface area contributed by atoms with Crippen molar-refractivity contribution in [1.82, 2.24) is 20.2 Å². The maximum atomic E-state index is 4.15. The Morgan fingerprint density at radius 2 is 2.06 bits per heavy atom. The minimum Gasteiger partial charge on any atom is -0.351 e. The Kier molecular flexibility index (Phi) is 2.23. The largest absolute Gasteiger partial charge is 0.351 e. The molecule has 1 aromatic rings. The number of fused-ring (bicyclic) bond motifs is 1. The zero-order chi connectivity index (χ0) is 11.9. The van der Waals surface area contributed by atoms with Gasteiger partial charge in [0.1, 0.15) is 12.5 Å². The van der Waals surface area contributed by atoms with Crippen LogP contribution in [-0.2, 0) is 0 Å². The van der Waals surface area contributed by atoms with E-state index in [1.807, 2.05) is 12.4 Å². The Hall–Kier alpha value is -1.68. The van der Waals surface area contributed by atoms with Gasteiger partial charge in [0, 0.05) is 29.7 Å². The third-order valence-corrected chi connectivity index (χ3v) is 3.90. The van der Waals surface area contributed by atoms with Gasteiger partial charge >= 0.3 is 0 Å². The molecule has 1 N–H and O–H groups in total. The lowest BCUT2D eigenvalue weighted by atomic mass is 10.1. The van der Waals surface area contributed by atoms with Gasteiger partial charge in [-0.15, -0.1) is 0 Å². The van der Waals surface area contributed by atoms with Crippen molar-refractivity contribution < 1.29 is 0 Å². The van der Waals surface area contributed by atoms with Crippen LogP contribution in [-0.4, -0.2) is 27.0 Å². The molecule has 92 valence electrons. The Morgan fingerprint density at radius 3 is 2.83 bits per heavy atom. The first kappa shape index (κ1) is 10.3. The monoisotopic (exact) mass is 240 g/mol. The van der Waals surface area contributed by atoms with E-state index >= 15 is 0 Å². The minimum absolute atomic E-state index is 0.245. The van der Waals surface area contributed by atoms with Crippen LogP contribution in [0.25, 0.3) is 0 Å². The van der Waals surface area contributed by atoms with E-state index in [2.05, 4.69) is 38.4 Å². The van der Waals surface area contributed by atoms with Crippen molar-refractivity contribution in [3.05, 3.63) is 48.2 Å². The molecule has 1 saturated heterocycles. The van der Waals surface area contributed by atoms with Gasteiger partial charge in [0.15, 0.2) is 0 Å². The average molecular weight is 240 g/mol. The van der Waals surface area contributed by atoms with Gasteiger partial charge in [-0.3, -0.25) is 5.32 Å². The summed E-state index contributed by atoms with van der Waals surface area (Å²) in [7, 11) is 0. The third kappa shape index (κ3) is 1.56. The number of nitrogens with zero attached hydrogens (tertiary/aromatic N) is 3. The quantitative estimate of drug-likeness (QED) is 0.855. The summed E-state index contributed by atoms with van der Waals surface area (Å²) in [5.41, 5.74) is 2.61. The van der Waals surface area contributed by atoms with Crippen LogP contribution in [0.4, 0.5) is 0 Å². The molecule has 2 heterocycles. The minimum atomic E-state index is 0.245. The number of hydrogen-bond donors (Lipinski definition) is 1.